The standard InChI is InChI=1S/C13H21BrN2O.2ClH/c1-13(2,3)12(10-4-5-11(14)17-10)16-8-6-15-7-9-16;;/h4-5,12,15H,6-9H2,1-3H3;2*1H/t12-;;/m1../s1. The Hall–Kier alpha value is 0.260. The minimum atomic E-state index is 0. The molecule has 1 aliphatic rings. The van der Waals surface area contributed by atoms with Crippen LogP contribution in [0.1, 0.15) is 32.6 Å². The summed E-state index contributed by atoms with van der Waals surface area (Å²) in [5, 5.41) is 3.40. The van der Waals surface area contributed by atoms with Crippen LogP contribution in [0.5, 0.6) is 0 Å². The molecule has 1 aliphatic heterocycles. The Morgan fingerprint density at radius 3 is 2.21 bits per heavy atom. The lowest BCUT2D eigenvalue weighted by Gasteiger charge is -2.41. The Morgan fingerprint density at radius 1 is 1.21 bits per heavy atom. The Bertz CT molecular complexity index is 373. The lowest BCUT2D eigenvalue weighted by molar-refractivity contribution is 0.0690. The van der Waals surface area contributed by atoms with E-state index in [2.05, 4.69) is 53.0 Å². The van der Waals surface area contributed by atoms with Crippen LogP contribution in [0.3, 0.4) is 0 Å². The number of nitrogens with one attached hydrogen (secondary N) is 1. The van der Waals surface area contributed by atoms with Gasteiger partial charge in [0.1, 0.15) is 5.76 Å². The molecule has 2 rings (SSSR count). The van der Waals surface area contributed by atoms with E-state index in [0.29, 0.717) is 6.04 Å². The lowest BCUT2D eigenvalue weighted by Crippen LogP contribution is -2.48. The second kappa shape index (κ2) is 7.89. The third kappa shape index (κ3) is 4.94. The first-order chi connectivity index (χ1) is 7.98. The summed E-state index contributed by atoms with van der Waals surface area (Å²) in [6, 6.07) is 4.41. The van der Waals surface area contributed by atoms with Crippen molar-refractivity contribution in [3.05, 3.63) is 22.6 Å². The molecule has 1 fully saturated rings. The Balaban J connectivity index is 0.00000162. The highest BCUT2D eigenvalue weighted by Gasteiger charge is 2.34. The van der Waals surface area contributed by atoms with Gasteiger partial charge in [-0.2, -0.15) is 0 Å². The zero-order valence-corrected chi connectivity index (χ0v) is 14.8. The minimum absolute atomic E-state index is 0. The van der Waals surface area contributed by atoms with Gasteiger partial charge in [-0.15, -0.1) is 24.8 Å². The summed E-state index contributed by atoms with van der Waals surface area (Å²) in [4.78, 5) is 2.52. The van der Waals surface area contributed by atoms with Gasteiger partial charge in [0.25, 0.3) is 0 Å². The van der Waals surface area contributed by atoms with Crippen molar-refractivity contribution in [1.82, 2.24) is 10.2 Å². The summed E-state index contributed by atoms with van der Waals surface area (Å²) in [6.45, 7) is 11.1. The van der Waals surface area contributed by atoms with Gasteiger partial charge in [0.05, 0.1) is 6.04 Å². The van der Waals surface area contributed by atoms with Crippen molar-refractivity contribution < 1.29 is 4.42 Å². The van der Waals surface area contributed by atoms with E-state index in [1.165, 1.54) is 0 Å². The summed E-state index contributed by atoms with van der Waals surface area (Å²) >= 11 is 3.39. The van der Waals surface area contributed by atoms with Crippen molar-refractivity contribution in [2.24, 2.45) is 5.41 Å². The van der Waals surface area contributed by atoms with E-state index in [1.54, 1.807) is 0 Å². The van der Waals surface area contributed by atoms with Gasteiger partial charge >= 0.3 is 0 Å². The zero-order chi connectivity index (χ0) is 12.5. The largest absolute Gasteiger partial charge is 0.453 e. The second-order valence-corrected chi connectivity index (χ2v) is 6.48. The maximum absolute atomic E-state index is 5.78. The first-order valence-corrected chi connectivity index (χ1v) is 6.98. The quantitative estimate of drug-likeness (QED) is 0.852. The van der Waals surface area contributed by atoms with Gasteiger partial charge in [0, 0.05) is 26.2 Å². The molecule has 0 bridgehead atoms. The topological polar surface area (TPSA) is 28.4 Å². The van der Waals surface area contributed by atoms with Crippen LogP contribution in [0.25, 0.3) is 0 Å². The van der Waals surface area contributed by atoms with Crippen LogP contribution in [0.15, 0.2) is 21.2 Å². The molecule has 112 valence electrons. The lowest BCUT2D eigenvalue weighted by atomic mass is 9.84. The summed E-state index contributed by atoms with van der Waals surface area (Å²) in [7, 11) is 0. The molecule has 1 aromatic rings. The summed E-state index contributed by atoms with van der Waals surface area (Å²) in [6.07, 6.45) is 0. The van der Waals surface area contributed by atoms with Crippen molar-refractivity contribution in [1.29, 1.82) is 0 Å². The van der Waals surface area contributed by atoms with Crippen LogP contribution < -0.4 is 5.32 Å². The molecule has 6 heteroatoms. The van der Waals surface area contributed by atoms with Crippen LogP contribution >= 0.6 is 40.7 Å². The van der Waals surface area contributed by atoms with Crippen molar-refractivity contribution in [2.45, 2.75) is 26.8 Å². The van der Waals surface area contributed by atoms with Gasteiger partial charge in [-0.25, -0.2) is 0 Å². The molecule has 0 saturated carbocycles. The van der Waals surface area contributed by atoms with Gasteiger partial charge in [-0.3, -0.25) is 4.90 Å². The molecule has 3 nitrogen and oxygen atoms in total. The molecule has 0 spiro atoms. The molecule has 0 radical (unpaired) electrons. The molecule has 2 heterocycles. The average molecular weight is 374 g/mol. The van der Waals surface area contributed by atoms with Crippen molar-refractivity contribution in [2.75, 3.05) is 26.2 Å². The molecule has 19 heavy (non-hydrogen) atoms. The first-order valence-electron chi connectivity index (χ1n) is 6.18. The highest BCUT2D eigenvalue weighted by atomic mass is 79.9. The zero-order valence-electron chi connectivity index (χ0n) is 11.6. The van der Waals surface area contributed by atoms with E-state index >= 15 is 0 Å². The molecule has 0 amide bonds. The highest BCUT2D eigenvalue weighted by Crippen LogP contribution is 2.39. The normalized spacial score (nSPS) is 18.3. The molecular formula is C13H23BrCl2N2O. The van der Waals surface area contributed by atoms with Crippen LogP contribution in [-0.2, 0) is 0 Å². The number of piperazine rings is 1. The molecule has 1 N–H and O–H groups in total. The van der Waals surface area contributed by atoms with Gasteiger partial charge in [0.2, 0.25) is 0 Å². The Labute approximate surface area is 136 Å². The smallest absolute Gasteiger partial charge is 0.169 e. The SMILES string of the molecule is CC(C)(C)[C@@H](c1ccc(Br)o1)N1CCNCC1.Cl.Cl. The Morgan fingerprint density at radius 2 is 1.79 bits per heavy atom. The van der Waals surface area contributed by atoms with Crippen molar-refractivity contribution in [3.63, 3.8) is 0 Å². The van der Waals surface area contributed by atoms with Crippen LogP contribution in [0.2, 0.25) is 0 Å². The number of hydrogen-bond donors (Lipinski definition) is 1. The molecule has 1 atom stereocenters. The monoisotopic (exact) mass is 372 g/mol. The van der Waals surface area contributed by atoms with Crippen LogP contribution in [0, 0.1) is 5.41 Å². The maximum atomic E-state index is 5.78. The predicted octanol–water partition coefficient (Wildman–Crippen LogP) is 3.88. The Kier molecular flexibility index (Phi) is 8.00. The maximum Gasteiger partial charge on any atom is 0.169 e. The van der Waals surface area contributed by atoms with Crippen molar-refractivity contribution >= 4 is 40.7 Å². The predicted molar refractivity (Wildman–Crippen MR) is 87.5 cm³/mol. The summed E-state index contributed by atoms with van der Waals surface area (Å²) in [5.74, 6) is 1.06. The van der Waals surface area contributed by atoms with Crippen molar-refractivity contribution in [3.8, 4) is 0 Å². The van der Waals surface area contributed by atoms with Gasteiger partial charge < -0.3 is 9.73 Å². The number of halogens is 3. The summed E-state index contributed by atoms with van der Waals surface area (Å²) < 4.78 is 6.60. The fourth-order valence-electron chi connectivity index (χ4n) is 2.57. The molecule has 0 aromatic carbocycles. The third-order valence-electron chi connectivity index (χ3n) is 3.20. The minimum Gasteiger partial charge on any atom is -0.453 e. The second-order valence-electron chi connectivity index (χ2n) is 5.70. The molecule has 0 unspecified atom stereocenters. The van der Waals surface area contributed by atoms with E-state index in [9.17, 15) is 0 Å². The van der Waals surface area contributed by atoms with E-state index in [1.807, 2.05) is 6.07 Å². The molecule has 0 aliphatic carbocycles. The van der Waals surface area contributed by atoms with Gasteiger partial charge in [-0.1, -0.05) is 20.8 Å². The highest BCUT2D eigenvalue weighted by molar-refractivity contribution is 9.10. The average Bonchev–Trinajstić information content (AvgIpc) is 2.64. The van der Waals surface area contributed by atoms with E-state index in [4.69, 9.17) is 4.42 Å². The fraction of sp³-hybridized carbons (Fsp3) is 0.692. The van der Waals surface area contributed by atoms with E-state index in [-0.39, 0.29) is 30.2 Å². The van der Waals surface area contributed by atoms with Crippen LogP contribution in [0.4, 0.5) is 0 Å². The van der Waals surface area contributed by atoms with E-state index < -0.39 is 0 Å². The van der Waals surface area contributed by atoms with E-state index in [0.717, 1.165) is 36.6 Å². The molecular weight excluding hydrogens is 351 g/mol. The summed E-state index contributed by atoms with van der Waals surface area (Å²) in [5.41, 5.74) is 0.175. The first kappa shape index (κ1) is 19.3. The number of nitrogens with zero attached hydrogens (tertiary/aromatic N) is 1. The number of rotatable bonds is 2. The number of furan rings is 1. The third-order valence-corrected chi connectivity index (χ3v) is 3.63. The molecule has 1 saturated heterocycles. The fourth-order valence-corrected chi connectivity index (χ4v) is 2.89. The molecule has 1 aromatic heterocycles. The van der Waals surface area contributed by atoms with Gasteiger partial charge in [-0.05, 0) is 33.5 Å². The number of hydrogen-bond acceptors (Lipinski definition) is 3. The van der Waals surface area contributed by atoms with Crippen LogP contribution in [-0.4, -0.2) is 31.1 Å². The van der Waals surface area contributed by atoms with Gasteiger partial charge in [0.15, 0.2) is 4.67 Å².